The van der Waals surface area contributed by atoms with E-state index in [9.17, 15) is 4.79 Å². The summed E-state index contributed by atoms with van der Waals surface area (Å²) >= 11 is 0. The van der Waals surface area contributed by atoms with Gasteiger partial charge in [0.1, 0.15) is 12.2 Å². The molecule has 0 aliphatic carbocycles. The zero-order chi connectivity index (χ0) is 16.7. The van der Waals surface area contributed by atoms with Gasteiger partial charge in [0.05, 0.1) is 11.6 Å². The van der Waals surface area contributed by atoms with Gasteiger partial charge in [0.2, 0.25) is 0 Å². The number of hydrogen-bond donors (Lipinski definition) is 1. The van der Waals surface area contributed by atoms with Crippen molar-refractivity contribution >= 4 is 10.9 Å². The summed E-state index contributed by atoms with van der Waals surface area (Å²) in [6.07, 6.45) is 3.78. The molecule has 1 N–H and O–H groups in total. The lowest BCUT2D eigenvalue weighted by atomic mass is 9.98. The topological polar surface area (TPSA) is 64.7 Å². The second-order valence-electron chi connectivity index (χ2n) is 6.48. The highest BCUT2D eigenvalue weighted by Crippen LogP contribution is 2.26. The molecule has 0 saturated carbocycles. The standard InChI is InChI=1S/C18H21N5O/c1-12(18-21-20-11-22(18)2)19-10-14-9-16(24)23-8-4-6-13-5-3-7-15(14)17(13)23/h3,5,7,9,11-12,19H,4,6,8,10H2,1-2H3. The number of benzene rings is 1. The van der Waals surface area contributed by atoms with E-state index in [4.69, 9.17) is 0 Å². The van der Waals surface area contributed by atoms with Crippen LogP contribution in [0, 0.1) is 0 Å². The van der Waals surface area contributed by atoms with Gasteiger partial charge in [-0.25, -0.2) is 0 Å². The molecule has 0 amide bonds. The predicted octanol–water partition coefficient (Wildman–Crippen LogP) is 1.93. The molecule has 6 nitrogen and oxygen atoms in total. The molecule has 1 aliphatic heterocycles. The van der Waals surface area contributed by atoms with Crippen LogP contribution in [0.15, 0.2) is 35.4 Å². The normalized spacial score (nSPS) is 14.9. The summed E-state index contributed by atoms with van der Waals surface area (Å²) in [7, 11) is 1.93. The Hall–Kier alpha value is -2.47. The summed E-state index contributed by atoms with van der Waals surface area (Å²) in [4.78, 5) is 12.5. The molecule has 3 heterocycles. The average Bonchev–Trinajstić information content (AvgIpc) is 3.02. The summed E-state index contributed by atoms with van der Waals surface area (Å²) < 4.78 is 3.83. The number of rotatable bonds is 4. The van der Waals surface area contributed by atoms with Gasteiger partial charge in [-0.2, -0.15) is 0 Å². The molecule has 0 radical (unpaired) electrons. The van der Waals surface area contributed by atoms with Gasteiger partial charge in [0.15, 0.2) is 0 Å². The van der Waals surface area contributed by atoms with Crippen molar-refractivity contribution in [2.45, 2.75) is 38.9 Å². The molecule has 0 bridgehead atoms. The van der Waals surface area contributed by atoms with Crippen molar-refractivity contribution in [3.05, 3.63) is 57.9 Å². The first-order valence-corrected chi connectivity index (χ1v) is 8.37. The summed E-state index contributed by atoms with van der Waals surface area (Å²) in [5.41, 5.74) is 3.53. The van der Waals surface area contributed by atoms with Gasteiger partial charge >= 0.3 is 0 Å². The smallest absolute Gasteiger partial charge is 0.251 e. The van der Waals surface area contributed by atoms with Gasteiger partial charge in [-0.05, 0) is 30.9 Å². The van der Waals surface area contributed by atoms with Crippen LogP contribution in [0.2, 0.25) is 0 Å². The first kappa shape index (κ1) is 15.1. The predicted molar refractivity (Wildman–Crippen MR) is 92.8 cm³/mol. The van der Waals surface area contributed by atoms with Crippen molar-refractivity contribution in [3.8, 4) is 0 Å². The summed E-state index contributed by atoms with van der Waals surface area (Å²) in [6.45, 7) is 3.50. The monoisotopic (exact) mass is 323 g/mol. The molecule has 2 aromatic heterocycles. The van der Waals surface area contributed by atoms with Crippen LogP contribution in [0.25, 0.3) is 10.9 Å². The lowest BCUT2D eigenvalue weighted by Crippen LogP contribution is -2.27. The number of aromatic nitrogens is 4. The Morgan fingerprint density at radius 2 is 2.25 bits per heavy atom. The summed E-state index contributed by atoms with van der Waals surface area (Å²) in [6, 6.07) is 8.17. The molecule has 24 heavy (non-hydrogen) atoms. The Morgan fingerprint density at radius 3 is 3.04 bits per heavy atom. The molecule has 1 atom stereocenters. The molecule has 0 fully saturated rings. The third kappa shape index (κ3) is 2.43. The minimum Gasteiger partial charge on any atom is -0.319 e. The van der Waals surface area contributed by atoms with Gasteiger partial charge in [-0.1, -0.05) is 18.2 Å². The number of hydrogen-bond acceptors (Lipinski definition) is 4. The quantitative estimate of drug-likeness (QED) is 0.797. The highest BCUT2D eigenvalue weighted by atomic mass is 16.1. The molecule has 3 aromatic rings. The maximum absolute atomic E-state index is 12.5. The maximum atomic E-state index is 12.5. The van der Waals surface area contributed by atoms with Gasteiger partial charge < -0.3 is 14.5 Å². The fourth-order valence-corrected chi connectivity index (χ4v) is 3.62. The number of aryl methyl sites for hydroxylation is 3. The van der Waals surface area contributed by atoms with Crippen molar-refractivity contribution in [2.75, 3.05) is 0 Å². The Kier molecular flexibility index (Phi) is 3.69. The zero-order valence-electron chi connectivity index (χ0n) is 14.0. The van der Waals surface area contributed by atoms with Crippen LogP contribution in [0.3, 0.4) is 0 Å². The molecule has 124 valence electrons. The van der Waals surface area contributed by atoms with Crippen LogP contribution in [0.1, 0.15) is 36.3 Å². The first-order chi connectivity index (χ1) is 11.6. The van der Waals surface area contributed by atoms with Crippen LogP contribution >= 0.6 is 0 Å². The molecular weight excluding hydrogens is 302 g/mol. The Balaban J connectivity index is 1.69. The van der Waals surface area contributed by atoms with Crippen molar-refractivity contribution < 1.29 is 0 Å². The Labute approximate surface area is 140 Å². The van der Waals surface area contributed by atoms with E-state index in [1.165, 1.54) is 10.9 Å². The van der Waals surface area contributed by atoms with Crippen molar-refractivity contribution in [1.29, 1.82) is 0 Å². The summed E-state index contributed by atoms with van der Waals surface area (Å²) in [5, 5.41) is 12.7. The number of para-hydroxylation sites is 1. The van der Waals surface area contributed by atoms with Crippen LogP contribution in [-0.4, -0.2) is 19.3 Å². The molecule has 1 unspecified atom stereocenters. The summed E-state index contributed by atoms with van der Waals surface area (Å²) in [5.74, 6) is 0.884. The Morgan fingerprint density at radius 1 is 1.38 bits per heavy atom. The SMILES string of the molecule is CC(NCc1cc(=O)n2c3c(cccc13)CCC2)c1nncn1C. The average molecular weight is 323 g/mol. The van der Waals surface area contributed by atoms with E-state index in [2.05, 4.69) is 40.6 Å². The van der Waals surface area contributed by atoms with E-state index < -0.39 is 0 Å². The third-order valence-corrected chi connectivity index (χ3v) is 4.86. The number of nitrogens with one attached hydrogen (secondary N) is 1. The van der Waals surface area contributed by atoms with Gasteiger partial charge in [-0.15, -0.1) is 10.2 Å². The maximum Gasteiger partial charge on any atom is 0.251 e. The second kappa shape index (κ2) is 5.87. The van der Waals surface area contributed by atoms with E-state index in [1.807, 2.05) is 16.2 Å². The van der Waals surface area contributed by atoms with Crippen molar-refractivity contribution in [3.63, 3.8) is 0 Å². The van der Waals surface area contributed by atoms with E-state index in [-0.39, 0.29) is 11.6 Å². The van der Waals surface area contributed by atoms with E-state index >= 15 is 0 Å². The van der Waals surface area contributed by atoms with Gasteiger partial charge in [0, 0.05) is 31.6 Å². The van der Waals surface area contributed by atoms with Crippen LogP contribution < -0.4 is 10.9 Å². The zero-order valence-corrected chi connectivity index (χ0v) is 14.0. The largest absolute Gasteiger partial charge is 0.319 e. The van der Waals surface area contributed by atoms with Crippen molar-refractivity contribution in [2.24, 2.45) is 7.05 Å². The number of pyridine rings is 1. The van der Waals surface area contributed by atoms with Gasteiger partial charge in [0.25, 0.3) is 5.56 Å². The fraction of sp³-hybridized carbons (Fsp3) is 0.389. The minimum atomic E-state index is 0.0612. The fourth-order valence-electron chi connectivity index (χ4n) is 3.62. The number of nitrogens with zero attached hydrogens (tertiary/aromatic N) is 4. The molecule has 0 saturated heterocycles. The van der Waals surface area contributed by atoms with E-state index in [1.54, 1.807) is 12.4 Å². The van der Waals surface area contributed by atoms with Gasteiger partial charge in [-0.3, -0.25) is 4.79 Å². The molecule has 1 aliphatic rings. The second-order valence-corrected chi connectivity index (χ2v) is 6.48. The molecular formula is C18H21N5O. The highest BCUT2D eigenvalue weighted by Gasteiger charge is 2.17. The van der Waals surface area contributed by atoms with E-state index in [0.29, 0.717) is 6.54 Å². The molecule has 6 heteroatoms. The van der Waals surface area contributed by atoms with E-state index in [0.717, 1.165) is 36.3 Å². The molecule has 1 aromatic carbocycles. The lowest BCUT2D eigenvalue weighted by molar-refractivity contribution is 0.528. The van der Waals surface area contributed by atoms with Crippen LogP contribution in [-0.2, 0) is 26.6 Å². The third-order valence-electron chi connectivity index (χ3n) is 4.86. The van der Waals surface area contributed by atoms with Crippen molar-refractivity contribution in [1.82, 2.24) is 24.6 Å². The highest BCUT2D eigenvalue weighted by molar-refractivity contribution is 5.86. The van der Waals surface area contributed by atoms with Crippen LogP contribution in [0.4, 0.5) is 0 Å². The minimum absolute atomic E-state index is 0.0612. The molecule has 4 rings (SSSR count). The Bertz CT molecular complexity index is 956. The van der Waals surface area contributed by atoms with Crippen LogP contribution in [0.5, 0.6) is 0 Å². The first-order valence-electron chi connectivity index (χ1n) is 8.37. The molecule has 0 spiro atoms. The lowest BCUT2D eigenvalue weighted by Gasteiger charge is -2.21.